The van der Waals surface area contributed by atoms with Crippen LogP contribution in [0.25, 0.3) is 22.3 Å². The van der Waals surface area contributed by atoms with Gasteiger partial charge in [-0.3, -0.25) is 4.90 Å². The third-order valence-corrected chi connectivity index (χ3v) is 7.45. The van der Waals surface area contributed by atoms with Crippen molar-refractivity contribution in [1.82, 2.24) is 24.2 Å². The molecule has 2 aliphatic heterocycles. The molecule has 0 N–H and O–H groups in total. The Bertz CT molecular complexity index is 1240. The minimum absolute atomic E-state index is 0.0579. The number of benzene rings is 1. The molecule has 176 valence electrons. The highest BCUT2D eigenvalue weighted by Crippen LogP contribution is 2.29. The molecule has 4 aromatic rings. The maximum Gasteiger partial charge on any atom is 0.150 e. The number of ether oxygens (including phenoxy) is 1. The van der Waals surface area contributed by atoms with Gasteiger partial charge in [-0.05, 0) is 62.3 Å². The highest BCUT2D eigenvalue weighted by molar-refractivity contribution is 5.79. The van der Waals surface area contributed by atoms with Crippen molar-refractivity contribution in [2.24, 2.45) is 5.92 Å². The SMILES string of the molecule is C[C@@H]1C[C@H](Cn2ccc3nc(-c4cnn(C5CCCCO5)c4)ccc32)CN1Cc1ccccc1. The van der Waals surface area contributed by atoms with E-state index in [9.17, 15) is 0 Å². The number of pyridine rings is 1. The van der Waals surface area contributed by atoms with E-state index in [1.54, 1.807) is 0 Å². The van der Waals surface area contributed by atoms with Crippen LogP contribution in [-0.4, -0.2) is 43.4 Å². The smallest absolute Gasteiger partial charge is 0.150 e. The molecule has 2 aliphatic rings. The first-order valence-corrected chi connectivity index (χ1v) is 12.6. The van der Waals surface area contributed by atoms with Gasteiger partial charge in [0.1, 0.15) is 6.23 Å². The fourth-order valence-electron chi connectivity index (χ4n) is 5.62. The van der Waals surface area contributed by atoms with Crippen LogP contribution in [-0.2, 0) is 17.8 Å². The Kier molecular flexibility index (Phi) is 5.93. The standard InChI is InChI=1S/C28H33N5O/c1-21-15-23(19-32(21)17-22-7-3-2-4-8-22)18-31-13-12-26-27(31)11-10-25(30-26)24-16-29-33(20-24)28-9-5-6-14-34-28/h2-4,7-8,10-13,16,20-21,23,28H,5-6,9,14-15,17-19H2,1H3/t21-,23-,28?/m1/s1. The van der Waals surface area contributed by atoms with Gasteiger partial charge in [-0.1, -0.05) is 30.3 Å². The summed E-state index contributed by atoms with van der Waals surface area (Å²) in [5.74, 6) is 0.655. The van der Waals surface area contributed by atoms with Gasteiger partial charge in [0, 0.05) is 50.2 Å². The number of hydrogen-bond acceptors (Lipinski definition) is 4. The molecule has 34 heavy (non-hydrogen) atoms. The van der Waals surface area contributed by atoms with Gasteiger partial charge in [0.25, 0.3) is 0 Å². The summed E-state index contributed by atoms with van der Waals surface area (Å²) in [7, 11) is 0. The van der Waals surface area contributed by atoms with Crippen molar-refractivity contribution >= 4 is 11.0 Å². The molecule has 6 rings (SSSR count). The lowest BCUT2D eigenvalue weighted by molar-refractivity contribution is -0.0394. The molecule has 0 spiro atoms. The van der Waals surface area contributed by atoms with Crippen LogP contribution in [0.3, 0.4) is 0 Å². The maximum atomic E-state index is 5.87. The zero-order valence-electron chi connectivity index (χ0n) is 19.9. The lowest BCUT2D eigenvalue weighted by Crippen LogP contribution is -2.26. The van der Waals surface area contributed by atoms with Gasteiger partial charge < -0.3 is 9.30 Å². The summed E-state index contributed by atoms with van der Waals surface area (Å²) in [6.45, 7) is 6.40. The average molecular weight is 456 g/mol. The fourth-order valence-corrected chi connectivity index (χ4v) is 5.62. The van der Waals surface area contributed by atoms with Gasteiger partial charge in [-0.25, -0.2) is 9.67 Å². The Labute approximate surface area is 201 Å². The highest BCUT2D eigenvalue weighted by Gasteiger charge is 2.29. The van der Waals surface area contributed by atoms with Gasteiger partial charge in [0.2, 0.25) is 0 Å². The van der Waals surface area contributed by atoms with Crippen LogP contribution in [0.4, 0.5) is 0 Å². The second kappa shape index (κ2) is 9.35. The first kappa shape index (κ1) is 21.6. The van der Waals surface area contributed by atoms with Crippen molar-refractivity contribution in [2.75, 3.05) is 13.2 Å². The van der Waals surface area contributed by atoms with Gasteiger partial charge in [0.05, 0.1) is 22.9 Å². The molecule has 2 fully saturated rings. The molecule has 0 radical (unpaired) electrons. The molecule has 6 heteroatoms. The van der Waals surface area contributed by atoms with Crippen molar-refractivity contribution in [2.45, 2.75) is 58.0 Å². The lowest BCUT2D eigenvalue weighted by Gasteiger charge is -2.22. The topological polar surface area (TPSA) is 48.1 Å². The third kappa shape index (κ3) is 4.40. The van der Waals surface area contributed by atoms with E-state index in [0.29, 0.717) is 12.0 Å². The van der Waals surface area contributed by atoms with Crippen LogP contribution >= 0.6 is 0 Å². The summed E-state index contributed by atoms with van der Waals surface area (Å²) in [4.78, 5) is 7.58. The molecule has 3 aromatic heterocycles. The lowest BCUT2D eigenvalue weighted by atomic mass is 10.1. The predicted molar refractivity (Wildman–Crippen MR) is 134 cm³/mol. The molecule has 0 bridgehead atoms. The van der Waals surface area contributed by atoms with Crippen molar-refractivity contribution in [3.8, 4) is 11.3 Å². The summed E-state index contributed by atoms with van der Waals surface area (Å²) < 4.78 is 10.2. The zero-order valence-corrected chi connectivity index (χ0v) is 19.9. The Hall–Kier alpha value is -2.96. The minimum atomic E-state index is 0.0579. The summed E-state index contributed by atoms with van der Waals surface area (Å²) in [5, 5.41) is 4.56. The number of likely N-dealkylation sites (tertiary alicyclic amines) is 1. The Morgan fingerprint density at radius 2 is 1.97 bits per heavy atom. The monoisotopic (exact) mass is 455 g/mol. The molecular weight excluding hydrogens is 422 g/mol. The summed E-state index contributed by atoms with van der Waals surface area (Å²) >= 11 is 0. The van der Waals surface area contributed by atoms with E-state index in [1.165, 1.54) is 23.9 Å². The number of aromatic nitrogens is 4. The zero-order chi connectivity index (χ0) is 22.9. The van der Waals surface area contributed by atoms with Gasteiger partial charge >= 0.3 is 0 Å². The number of hydrogen-bond donors (Lipinski definition) is 0. The predicted octanol–water partition coefficient (Wildman–Crippen LogP) is 5.51. The van der Waals surface area contributed by atoms with Gasteiger partial charge in [-0.2, -0.15) is 5.10 Å². The van der Waals surface area contributed by atoms with E-state index in [-0.39, 0.29) is 6.23 Å². The number of fused-ring (bicyclic) bond motifs is 1. The molecule has 5 heterocycles. The second-order valence-corrected chi connectivity index (χ2v) is 9.96. The minimum Gasteiger partial charge on any atom is -0.357 e. The van der Waals surface area contributed by atoms with E-state index in [4.69, 9.17) is 9.72 Å². The quantitative estimate of drug-likeness (QED) is 0.385. The molecule has 0 aliphatic carbocycles. The summed E-state index contributed by atoms with van der Waals surface area (Å²) in [5.41, 5.74) is 5.67. The van der Waals surface area contributed by atoms with E-state index in [0.717, 1.165) is 55.9 Å². The van der Waals surface area contributed by atoms with Gasteiger partial charge in [-0.15, -0.1) is 0 Å². The van der Waals surface area contributed by atoms with Crippen molar-refractivity contribution in [3.05, 3.63) is 72.7 Å². The van der Waals surface area contributed by atoms with Crippen LogP contribution in [0, 0.1) is 5.92 Å². The molecule has 1 aromatic carbocycles. The van der Waals surface area contributed by atoms with E-state index in [2.05, 4.69) is 82.4 Å². The maximum absolute atomic E-state index is 5.87. The third-order valence-electron chi connectivity index (χ3n) is 7.45. The largest absolute Gasteiger partial charge is 0.357 e. The molecule has 3 atom stereocenters. The van der Waals surface area contributed by atoms with Crippen molar-refractivity contribution in [1.29, 1.82) is 0 Å². The Morgan fingerprint density at radius 3 is 2.82 bits per heavy atom. The molecule has 0 saturated carbocycles. The fraction of sp³-hybridized carbons (Fsp3) is 0.429. The van der Waals surface area contributed by atoms with Crippen LogP contribution in [0.5, 0.6) is 0 Å². The highest BCUT2D eigenvalue weighted by atomic mass is 16.5. The van der Waals surface area contributed by atoms with Crippen molar-refractivity contribution in [3.63, 3.8) is 0 Å². The molecule has 1 unspecified atom stereocenters. The van der Waals surface area contributed by atoms with Crippen LogP contribution in [0.2, 0.25) is 0 Å². The Balaban J connectivity index is 1.14. The van der Waals surface area contributed by atoms with Crippen LogP contribution in [0.15, 0.2) is 67.1 Å². The molecular formula is C28H33N5O. The van der Waals surface area contributed by atoms with E-state index < -0.39 is 0 Å². The number of nitrogens with zero attached hydrogens (tertiary/aromatic N) is 5. The molecule has 2 saturated heterocycles. The first-order chi connectivity index (χ1) is 16.7. The van der Waals surface area contributed by atoms with E-state index in [1.807, 2.05) is 10.9 Å². The van der Waals surface area contributed by atoms with Crippen LogP contribution < -0.4 is 0 Å². The summed E-state index contributed by atoms with van der Waals surface area (Å²) in [6.07, 6.45) is 10.8. The average Bonchev–Trinajstić information content (AvgIpc) is 3.60. The van der Waals surface area contributed by atoms with Gasteiger partial charge in [0.15, 0.2) is 0 Å². The second-order valence-electron chi connectivity index (χ2n) is 9.96. The molecule has 0 amide bonds. The molecule has 6 nitrogen and oxygen atoms in total. The first-order valence-electron chi connectivity index (χ1n) is 12.6. The Morgan fingerprint density at radius 1 is 1.06 bits per heavy atom. The van der Waals surface area contributed by atoms with E-state index >= 15 is 0 Å². The van der Waals surface area contributed by atoms with Crippen LogP contribution in [0.1, 0.15) is 44.4 Å². The normalized spacial score (nSPS) is 23.6. The van der Waals surface area contributed by atoms with Crippen molar-refractivity contribution < 1.29 is 4.74 Å². The number of rotatable bonds is 6. The summed E-state index contributed by atoms with van der Waals surface area (Å²) in [6, 6.07) is 17.9.